The molecule has 1 unspecified atom stereocenters. The Kier molecular flexibility index (Phi) is 3.83. The van der Waals surface area contributed by atoms with Crippen molar-refractivity contribution in [3.63, 3.8) is 0 Å². The van der Waals surface area contributed by atoms with Crippen molar-refractivity contribution in [3.05, 3.63) is 30.1 Å². The summed E-state index contributed by atoms with van der Waals surface area (Å²) in [7, 11) is 0. The minimum Gasteiger partial charge on any atom is -0.334 e. The largest absolute Gasteiger partial charge is 0.334 e. The molecule has 1 atom stereocenters. The molecule has 2 saturated heterocycles. The first-order valence-corrected chi connectivity index (χ1v) is 8.26. The zero-order valence-corrected chi connectivity index (χ0v) is 13.0. The second kappa shape index (κ2) is 6.12. The lowest BCUT2D eigenvalue weighted by atomic mass is 9.99. The second-order valence-corrected chi connectivity index (χ2v) is 6.20. The normalized spacial score (nSPS) is 21.8. The number of nitrogens with one attached hydrogen (secondary N) is 1. The lowest BCUT2D eigenvalue weighted by Gasteiger charge is -2.19. The number of benzene rings is 1. The van der Waals surface area contributed by atoms with E-state index in [4.69, 9.17) is 4.52 Å². The van der Waals surface area contributed by atoms with Crippen LogP contribution in [0.5, 0.6) is 0 Å². The van der Waals surface area contributed by atoms with Gasteiger partial charge in [0.2, 0.25) is 5.91 Å². The van der Waals surface area contributed by atoms with Gasteiger partial charge in [-0.1, -0.05) is 5.16 Å². The van der Waals surface area contributed by atoms with Crippen molar-refractivity contribution in [3.8, 4) is 11.5 Å². The van der Waals surface area contributed by atoms with E-state index in [2.05, 4.69) is 15.5 Å². The number of carbonyl (C=O) groups excluding carboxylic acids is 1. The number of aromatic nitrogens is 2. The van der Waals surface area contributed by atoms with Gasteiger partial charge in [-0.25, -0.2) is 0 Å². The Bertz CT molecular complexity index is 689. The van der Waals surface area contributed by atoms with Gasteiger partial charge in [-0.3, -0.25) is 4.79 Å². The third-order valence-corrected chi connectivity index (χ3v) is 4.60. The number of nitrogens with zero attached hydrogens (tertiary/aromatic N) is 3. The Morgan fingerprint density at radius 3 is 2.78 bits per heavy atom. The molecule has 1 aromatic carbocycles. The van der Waals surface area contributed by atoms with Gasteiger partial charge in [-0.05, 0) is 50.1 Å². The molecule has 1 aromatic heterocycles. The van der Waals surface area contributed by atoms with E-state index in [9.17, 15) is 4.79 Å². The number of rotatable bonds is 3. The van der Waals surface area contributed by atoms with Gasteiger partial charge in [0.05, 0.1) is 0 Å². The van der Waals surface area contributed by atoms with Crippen LogP contribution in [-0.4, -0.2) is 35.7 Å². The minimum absolute atomic E-state index is 0.197. The topological polar surface area (TPSA) is 71.3 Å². The Labute approximate surface area is 134 Å². The zero-order valence-electron chi connectivity index (χ0n) is 13.0. The quantitative estimate of drug-likeness (QED) is 0.942. The highest BCUT2D eigenvalue weighted by Gasteiger charge is 2.23. The summed E-state index contributed by atoms with van der Waals surface area (Å²) in [6.07, 6.45) is 3.82. The molecule has 3 heterocycles. The van der Waals surface area contributed by atoms with Gasteiger partial charge in [0.25, 0.3) is 5.89 Å². The van der Waals surface area contributed by atoms with Crippen LogP contribution in [0.3, 0.4) is 0 Å². The zero-order chi connectivity index (χ0) is 15.6. The van der Waals surface area contributed by atoms with E-state index in [1.54, 1.807) is 0 Å². The molecule has 120 valence electrons. The third kappa shape index (κ3) is 2.86. The van der Waals surface area contributed by atoms with Crippen molar-refractivity contribution in [1.29, 1.82) is 0 Å². The standard InChI is InChI=1S/C17H20N4O2/c22-15-4-2-10-21(15)14-7-5-12(6-8-14)17-19-16(20-23-17)13-3-1-9-18-11-13/h5-8,13,18H,1-4,9-11H2. The Morgan fingerprint density at radius 1 is 1.22 bits per heavy atom. The van der Waals surface area contributed by atoms with Crippen LogP contribution >= 0.6 is 0 Å². The van der Waals surface area contributed by atoms with E-state index in [0.29, 0.717) is 18.2 Å². The molecule has 1 N–H and O–H groups in total. The van der Waals surface area contributed by atoms with Crippen molar-refractivity contribution < 1.29 is 9.32 Å². The maximum absolute atomic E-state index is 11.8. The van der Waals surface area contributed by atoms with E-state index in [-0.39, 0.29) is 5.91 Å². The molecule has 2 aliphatic heterocycles. The van der Waals surface area contributed by atoms with E-state index in [1.807, 2.05) is 29.2 Å². The molecule has 0 spiro atoms. The molecular formula is C17H20N4O2. The van der Waals surface area contributed by atoms with Crippen LogP contribution in [0.4, 0.5) is 5.69 Å². The molecule has 2 aromatic rings. The van der Waals surface area contributed by atoms with Crippen LogP contribution in [0.15, 0.2) is 28.8 Å². The van der Waals surface area contributed by atoms with Gasteiger partial charge in [-0.15, -0.1) is 0 Å². The van der Waals surface area contributed by atoms with Gasteiger partial charge in [0, 0.05) is 36.7 Å². The summed E-state index contributed by atoms with van der Waals surface area (Å²) in [5, 5.41) is 7.50. The molecule has 23 heavy (non-hydrogen) atoms. The number of hydrogen-bond acceptors (Lipinski definition) is 5. The van der Waals surface area contributed by atoms with Crippen LogP contribution in [-0.2, 0) is 4.79 Å². The Balaban J connectivity index is 1.52. The van der Waals surface area contributed by atoms with Crippen LogP contribution < -0.4 is 10.2 Å². The van der Waals surface area contributed by atoms with E-state index in [0.717, 1.165) is 56.0 Å². The molecule has 1 amide bonds. The highest BCUT2D eigenvalue weighted by Crippen LogP contribution is 2.27. The Morgan fingerprint density at radius 2 is 2.09 bits per heavy atom. The number of amides is 1. The molecule has 6 nitrogen and oxygen atoms in total. The maximum atomic E-state index is 11.8. The maximum Gasteiger partial charge on any atom is 0.257 e. The van der Waals surface area contributed by atoms with Crippen LogP contribution in [0.1, 0.15) is 37.4 Å². The van der Waals surface area contributed by atoms with Crippen molar-refractivity contribution in [2.45, 2.75) is 31.6 Å². The smallest absolute Gasteiger partial charge is 0.257 e. The number of carbonyl (C=O) groups is 1. The predicted molar refractivity (Wildman–Crippen MR) is 86.2 cm³/mol. The fourth-order valence-electron chi connectivity index (χ4n) is 3.30. The molecule has 0 saturated carbocycles. The van der Waals surface area contributed by atoms with Crippen molar-refractivity contribution in [1.82, 2.24) is 15.5 Å². The number of piperidine rings is 1. The van der Waals surface area contributed by atoms with Crippen LogP contribution in [0, 0.1) is 0 Å². The van der Waals surface area contributed by atoms with Gasteiger partial charge in [0.1, 0.15) is 0 Å². The lowest BCUT2D eigenvalue weighted by molar-refractivity contribution is -0.117. The summed E-state index contributed by atoms with van der Waals surface area (Å²) < 4.78 is 5.42. The molecule has 2 fully saturated rings. The molecule has 0 radical (unpaired) electrons. The Hall–Kier alpha value is -2.21. The summed E-state index contributed by atoms with van der Waals surface area (Å²) in [5.41, 5.74) is 1.83. The fraction of sp³-hybridized carbons (Fsp3) is 0.471. The summed E-state index contributed by atoms with van der Waals surface area (Å²) >= 11 is 0. The van der Waals surface area contributed by atoms with E-state index >= 15 is 0 Å². The van der Waals surface area contributed by atoms with Crippen molar-refractivity contribution >= 4 is 11.6 Å². The second-order valence-electron chi connectivity index (χ2n) is 6.20. The van der Waals surface area contributed by atoms with Crippen LogP contribution in [0.2, 0.25) is 0 Å². The lowest BCUT2D eigenvalue weighted by Crippen LogP contribution is -2.28. The molecule has 4 rings (SSSR count). The van der Waals surface area contributed by atoms with Gasteiger partial charge in [-0.2, -0.15) is 4.98 Å². The highest BCUT2D eigenvalue weighted by atomic mass is 16.5. The molecular weight excluding hydrogens is 292 g/mol. The fourth-order valence-corrected chi connectivity index (χ4v) is 3.30. The summed E-state index contributed by atoms with van der Waals surface area (Å²) in [6, 6.07) is 7.78. The van der Waals surface area contributed by atoms with Crippen molar-refractivity contribution in [2.24, 2.45) is 0 Å². The molecule has 2 aliphatic rings. The number of anilines is 1. The SMILES string of the molecule is O=C1CCCN1c1ccc(-c2nc(C3CCCNC3)no2)cc1. The van der Waals surface area contributed by atoms with E-state index < -0.39 is 0 Å². The minimum atomic E-state index is 0.197. The summed E-state index contributed by atoms with van der Waals surface area (Å²) in [5.74, 6) is 1.86. The number of hydrogen-bond donors (Lipinski definition) is 1. The van der Waals surface area contributed by atoms with Gasteiger partial charge < -0.3 is 14.7 Å². The van der Waals surface area contributed by atoms with Crippen LogP contribution in [0.25, 0.3) is 11.5 Å². The van der Waals surface area contributed by atoms with Gasteiger partial charge in [0.15, 0.2) is 5.82 Å². The molecule has 0 bridgehead atoms. The first-order chi connectivity index (χ1) is 11.3. The average molecular weight is 312 g/mol. The summed E-state index contributed by atoms with van der Waals surface area (Å²) in [4.78, 5) is 18.2. The highest BCUT2D eigenvalue weighted by molar-refractivity contribution is 5.95. The average Bonchev–Trinajstić information content (AvgIpc) is 3.25. The first kappa shape index (κ1) is 14.4. The van der Waals surface area contributed by atoms with E-state index in [1.165, 1.54) is 0 Å². The molecule has 0 aliphatic carbocycles. The first-order valence-electron chi connectivity index (χ1n) is 8.26. The predicted octanol–water partition coefficient (Wildman–Crippen LogP) is 2.33. The van der Waals surface area contributed by atoms with Crippen molar-refractivity contribution in [2.75, 3.05) is 24.5 Å². The third-order valence-electron chi connectivity index (χ3n) is 4.60. The molecule has 6 heteroatoms. The van der Waals surface area contributed by atoms with Gasteiger partial charge >= 0.3 is 0 Å². The summed E-state index contributed by atoms with van der Waals surface area (Å²) in [6.45, 7) is 2.78. The monoisotopic (exact) mass is 312 g/mol.